The van der Waals surface area contributed by atoms with Crippen molar-refractivity contribution in [1.29, 1.82) is 0 Å². The van der Waals surface area contributed by atoms with Gasteiger partial charge in [-0.2, -0.15) is 0 Å². The minimum atomic E-state index is -1.39. The van der Waals surface area contributed by atoms with Crippen molar-refractivity contribution in [2.75, 3.05) is 30.4 Å². The van der Waals surface area contributed by atoms with Crippen LogP contribution in [0.1, 0.15) is 12.8 Å². The maximum Gasteiger partial charge on any atom is 0.323 e. The molecular formula is C27H25F2N5O5. The number of nitrogens with zero attached hydrogens (tertiary/aromatic N) is 3. The number of primary amides is 1. The van der Waals surface area contributed by atoms with Gasteiger partial charge in [0.15, 0.2) is 11.6 Å². The third-order valence-electron chi connectivity index (χ3n) is 6.76. The molecule has 12 heteroatoms. The number of anilines is 3. The highest BCUT2D eigenvalue weighted by Gasteiger charge is 2.57. The van der Waals surface area contributed by atoms with E-state index in [1.807, 2.05) is 0 Å². The Kier molecular flexibility index (Phi) is 6.87. The van der Waals surface area contributed by atoms with Crippen LogP contribution in [0.2, 0.25) is 0 Å². The summed E-state index contributed by atoms with van der Waals surface area (Å²) >= 11 is 0. The van der Waals surface area contributed by atoms with E-state index in [2.05, 4.69) is 10.3 Å². The van der Waals surface area contributed by atoms with Crippen molar-refractivity contribution in [1.82, 2.24) is 9.88 Å². The van der Waals surface area contributed by atoms with Gasteiger partial charge >= 0.3 is 6.03 Å². The summed E-state index contributed by atoms with van der Waals surface area (Å²) in [6.07, 6.45) is 1.95. The summed E-state index contributed by atoms with van der Waals surface area (Å²) in [7, 11) is 1.58. The van der Waals surface area contributed by atoms with Gasteiger partial charge in [0.25, 0.3) is 0 Å². The average molecular weight is 538 g/mol. The van der Waals surface area contributed by atoms with E-state index in [4.69, 9.17) is 15.2 Å². The van der Waals surface area contributed by atoms with Gasteiger partial charge in [-0.15, -0.1) is 0 Å². The molecule has 2 heterocycles. The first-order valence-corrected chi connectivity index (χ1v) is 12.1. The number of pyridine rings is 1. The molecule has 2 aliphatic rings. The van der Waals surface area contributed by atoms with E-state index in [1.54, 1.807) is 12.0 Å². The number of halogens is 2. The fourth-order valence-electron chi connectivity index (χ4n) is 4.20. The molecule has 1 aliphatic carbocycles. The molecule has 3 aromatic rings. The second-order valence-electron chi connectivity index (χ2n) is 9.35. The molecule has 2 aromatic carbocycles. The maximum absolute atomic E-state index is 15.2. The molecule has 0 unspecified atom stereocenters. The van der Waals surface area contributed by atoms with Crippen molar-refractivity contribution in [2.45, 2.75) is 18.9 Å². The Labute approximate surface area is 222 Å². The number of rotatable bonds is 8. The largest absolute Gasteiger partial charge is 0.454 e. The lowest BCUT2D eigenvalue weighted by molar-refractivity contribution is -0.133. The molecule has 1 saturated carbocycles. The predicted molar refractivity (Wildman–Crippen MR) is 137 cm³/mol. The number of carbonyl (C=O) groups excluding carboxylic acids is 3. The monoisotopic (exact) mass is 537 g/mol. The quantitative estimate of drug-likeness (QED) is 0.419. The van der Waals surface area contributed by atoms with Crippen molar-refractivity contribution in [2.24, 2.45) is 11.1 Å². The number of hydrogen-bond donors (Lipinski definition) is 2. The zero-order valence-electron chi connectivity index (χ0n) is 20.9. The molecular weight excluding hydrogens is 512 g/mol. The number of likely N-dealkylation sites (tertiary alicyclic amines) is 1. The number of amides is 4. The topological polar surface area (TPSA) is 127 Å². The summed E-state index contributed by atoms with van der Waals surface area (Å²) < 4.78 is 39.6. The Morgan fingerprint density at radius 1 is 1.05 bits per heavy atom. The van der Waals surface area contributed by atoms with Crippen LogP contribution in [0.4, 0.5) is 30.8 Å². The molecule has 0 radical (unpaired) electrons. The zero-order valence-corrected chi connectivity index (χ0v) is 20.9. The van der Waals surface area contributed by atoms with Crippen LogP contribution in [0.5, 0.6) is 11.5 Å². The molecule has 4 amide bonds. The predicted octanol–water partition coefficient (Wildman–Crippen LogP) is 3.94. The number of ether oxygens (including phenoxy) is 2. The Bertz CT molecular complexity index is 1420. The lowest BCUT2D eigenvalue weighted by atomic mass is 10.0. The fourth-order valence-corrected chi connectivity index (χ4v) is 4.20. The highest BCUT2D eigenvalue weighted by atomic mass is 19.1. The standard InChI is InChI=1S/C27H25F2N5O5/c1-38-20-14-33(15-20)26(37)32-23-13-19(8-11-31-23)39-22-7-6-18(12-21(22)29)34(17-4-2-16(28)3-5-17)25(36)27(9-10-27)24(30)35/h2-8,11-13,20H,9-10,14-15H2,1H3,(H2,30,35)(H,31,32,37). The van der Waals surface area contributed by atoms with Crippen LogP contribution in [0, 0.1) is 17.0 Å². The third kappa shape index (κ3) is 5.23. The number of benzene rings is 2. The molecule has 2 fully saturated rings. The summed E-state index contributed by atoms with van der Waals surface area (Å²) in [4.78, 5) is 44.6. The van der Waals surface area contributed by atoms with Gasteiger partial charge in [0.2, 0.25) is 11.8 Å². The maximum atomic E-state index is 15.2. The van der Waals surface area contributed by atoms with Crippen molar-refractivity contribution in [3.63, 3.8) is 0 Å². The Morgan fingerprint density at radius 2 is 1.74 bits per heavy atom. The number of aromatic nitrogens is 1. The van der Waals surface area contributed by atoms with Crippen LogP contribution in [0.15, 0.2) is 60.8 Å². The van der Waals surface area contributed by atoms with Gasteiger partial charge in [0.1, 0.15) is 22.8 Å². The Balaban J connectivity index is 1.35. The summed E-state index contributed by atoms with van der Waals surface area (Å²) in [6, 6.07) is 11.5. The minimum Gasteiger partial charge on any atom is -0.454 e. The molecule has 0 bridgehead atoms. The van der Waals surface area contributed by atoms with Crippen molar-refractivity contribution in [3.8, 4) is 11.5 Å². The van der Waals surface area contributed by atoms with Gasteiger partial charge in [0, 0.05) is 31.1 Å². The van der Waals surface area contributed by atoms with Crippen molar-refractivity contribution in [3.05, 3.63) is 72.4 Å². The van der Waals surface area contributed by atoms with Crippen LogP contribution in [-0.4, -0.2) is 54.0 Å². The van der Waals surface area contributed by atoms with Crippen molar-refractivity contribution >= 4 is 35.0 Å². The average Bonchev–Trinajstić information content (AvgIpc) is 3.69. The van der Waals surface area contributed by atoms with Gasteiger partial charge in [-0.05, 0) is 55.3 Å². The molecule has 0 atom stereocenters. The van der Waals surface area contributed by atoms with E-state index < -0.39 is 28.9 Å². The van der Waals surface area contributed by atoms with Gasteiger partial charge in [-0.3, -0.25) is 19.8 Å². The van der Waals surface area contributed by atoms with E-state index in [9.17, 15) is 18.8 Å². The Morgan fingerprint density at radius 3 is 2.36 bits per heavy atom. The van der Waals surface area contributed by atoms with Gasteiger partial charge in [-0.25, -0.2) is 18.6 Å². The third-order valence-corrected chi connectivity index (χ3v) is 6.76. The number of urea groups is 1. The molecule has 39 heavy (non-hydrogen) atoms. The fraction of sp³-hybridized carbons (Fsp3) is 0.259. The lowest BCUT2D eigenvalue weighted by Crippen LogP contribution is -2.55. The van der Waals surface area contributed by atoms with Crippen LogP contribution >= 0.6 is 0 Å². The van der Waals surface area contributed by atoms with Gasteiger partial charge in [0.05, 0.1) is 24.9 Å². The summed E-state index contributed by atoms with van der Waals surface area (Å²) in [5, 5.41) is 2.66. The summed E-state index contributed by atoms with van der Waals surface area (Å²) in [5.74, 6) is -2.45. The summed E-state index contributed by atoms with van der Waals surface area (Å²) in [5.41, 5.74) is 4.46. The SMILES string of the molecule is COC1CN(C(=O)Nc2cc(Oc3ccc(N(C(=O)C4(C(N)=O)CC4)c4ccc(F)cc4)cc3F)ccn2)C1. The first kappa shape index (κ1) is 26.0. The summed E-state index contributed by atoms with van der Waals surface area (Å²) in [6.45, 7) is 0.933. The molecule has 3 N–H and O–H groups in total. The molecule has 0 spiro atoms. The number of carbonyl (C=O) groups is 3. The van der Waals surface area contributed by atoms with E-state index in [-0.39, 0.29) is 53.7 Å². The van der Waals surface area contributed by atoms with Gasteiger partial charge in [-0.1, -0.05) is 0 Å². The second-order valence-corrected chi connectivity index (χ2v) is 9.35. The van der Waals surface area contributed by atoms with Crippen LogP contribution in [-0.2, 0) is 14.3 Å². The highest BCUT2D eigenvalue weighted by molar-refractivity contribution is 6.16. The van der Waals surface area contributed by atoms with E-state index >= 15 is 4.39 Å². The first-order valence-electron chi connectivity index (χ1n) is 12.1. The number of hydrogen-bond acceptors (Lipinski definition) is 6. The molecule has 1 aliphatic heterocycles. The van der Waals surface area contributed by atoms with Crippen LogP contribution in [0.25, 0.3) is 0 Å². The second kappa shape index (κ2) is 10.3. The minimum absolute atomic E-state index is 0.00389. The van der Waals surface area contributed by atoms with Gasteiger partial charge < -0.3 is 20.1 Å². The number of nitrogens with one attached hydrogen (secondary N) is 1. The lowest BCUT2D eigenvalue weighted by Gasteiger charge is -2.37. The first-order chi connectivity index (χ1) is 18.7. The molecule has 202 valence electrons. The molecule has 1 aromatic heterocycles. The zero-order chi connectivity index (χ0) is 27.7. The van der Waals surface area contributed by atoms with E-state index in [0.717, 1.165) is 23.1 Å². The molecule has 1 saturated heterocycles. The van der Waals surface area contributed by atoms with Crippen molar-refractivity contribution < 1.29 is 32.6 Å². The molecule has 10 nitrogen and oxygen atoms in total. The Hall–Kier alpha value is -4.58. The van der Waals surface area contributed by atoms with E-state index in [1.165, 1.54) is 42.6 Å². The van der Waals surface area contributed by atoms with Crippen LogP contribution < -0.4 is 20.7 Å². The normalized spacial score (nSPS) is 15.7. The number of nitrogens with two attached hydrogens (primary N) is 1. The number of methoxy groups -OCH3 is 1. The van der Waals surface area contributed by atoms with E-state index in [0.29, 0.717) is 13.1 Å². The smallest absolute Gasteiger partial charge is 0.323 e. The highest BCUT2D eigenvalue weighted by Crippen LogP contribution is 2.49. The van der Waals surface area contributed by atoms with Crippen LogP contribution in [0.3, 0.4) is 0 Å². The molecule has 5 rings (SSSR count).